The van der Waals surface area contributed by atoms with E-state index in [1.165, 1.54) is 6.92 Å². The molecule has 5 heteroatoms. The molecule has 0 unspecified atom stereocenters. The highest BCUT2D eigenvalue weighted by molar-refractivity contribution is 9.10. The fraction of sp³-hybridized carbons (Fsp3) is 0.182. The first-order valence-electron chi connectivity index (χ1n) is 4.68. The third kappa shape index (κ3) is 2.39. The first-order chi connectivity index (χ1) is 7.56. The van der Waals surface area contributed by atoms with Gasteiger partial charge in [-0.15, -0.1) is 0 Å². The average Bonchev–Trinajstić information content (AvgIpc) is 2.57. The number of carbonyl (C=O) groups excluding carboxylic acids is 1. The quantitative estimate of drug-likeness (QED) is 0.923. The van der Waals surface area contributed by atoms with Gasteiger partial charge in [0.1, 0.15) is 5.76 Å². The Kier molecular flexibility index (Phi) is 3.21. The third-order valence-corrected chi connectivity index (χ3v) is 2.84. The molecule has 0 radical (unpaired) electrons. The van der Waals surface area contributed by atoms with Crippen molar-refractivity contribution in [2.24, 2.45) is 0 Å². The molecule has 0 atom stereocenters. The largest absolute Gasteiger partial charge is 0.458 e. The monoisotopic (exact) mass is 301 g/mol. The van der Waals surface area contributed by atoms with E-state index in [-0.39, 0.29) is 5.91 Å². The molecular weight excluding hydrogens is 293 g/mol. The summed E-state index contributed by atoms with van der Waals surface area (Å²) in [6.45, 7) is 1.84. The van der Waals surface area contributed by atoms with E-state index in [2.05, 4.69) is 21.2 Å². The summed E-state index contributed by atoms with van der Waals surface area (Å²) in [4.78, 5) is 10.8. The molecule has 0 saturated carbocycles. The zero-order valence-corrected chi connectivity index (χ0v) is 10.9. The molecule has 1 aromatic carbocycles. The van der Waals surface area contributed by atoms with Gasteiger partial charge in [0.25, 0.3) is 0 Å². The van der Waals surface area contributed by atoms with Crippen LogP contribution in [0.25, 0.3) is 11.0 Å². The van der Waals surface area contributed by atoms with E-state index in [0.29, 0.717) is 22.9 Å². The molecule has 16 heavy (non-hydrogen) atoms. The molecule has 1 amide bonds. The minimum atomic E-state index is -0.0901. The lowest BCUT2D eigenvalue weighted by Crippen LogP contribution is -2.18. The zero-order valence-electron chi connectivity index (χ0n) is 8.51. The summed E-state index contributed by atoms with van der Waals surface area (Å²) in [5, 5.41) is 4.14. The van der Waals surface area contributed by atoms with Crippen molar-refractivity contribution < 1.29 is 9.21 Å². The Labute approximate surface area is 106 Å². The standard InChI is InChI=1S/C11H9BrClNO2/c1-6(15)14-5-9-3-7-2-8(12)4-10(13)11(7)16-9/h2-4H,5H2,1H3,(H,14,15). The fourth-order valence-electron chi connectivity index (χ4n) is 1.43. The first kappa shape index (κ1) is 11.5. The van der Waals surface area contributed by atoms with E-state index in [9.17, 15) is 4.79 Å². The molecule has 1 aromatic heterocycles. The van der Waals surface area contributed by atoms with Crippen molar-refractivity contribution in [3.05, 3.63) is 33.5 Å². The Balaban J connectivity index is 2.36. The summed E-state index contributed by atoms with van der Waals surface area (Å²) in [6, 6.07) is 5.56. The molecule has 0 aliphatic rings. The zero-order chi connectivity index (χ0) is 11.7. The van der Waals surface area contributed by atoms with Crippen LogP contribution in [0.2, 0.25) is 5.02 Å². The molecule has 0 aliphatic carbocycles. The van der Waals surface area contributed by atoms with Crippen LogP contribution in [-0.4, -0.2) is 5.91 Å². The molecule has 84 valence electrons. The van der Waals surface area contributed by atoms with Crippen molar-refractivity contribution in [3.8, 4) is 0 Å². The number of amides is 1. The number of halogens is 2. The Morgan fingerprint density at radius 3 is 2.94 bits per heavy atom. The molecule has 0 bridgehead atoms. The number of rotatable bonds is 2. The molecule has 2 aromatic rings. The molecule has 0 aliphatic heterocycles. The van der Waals surface area contributed by atoms with E-state index in [0.717, 1.165) is 9.86 Å². The van der Waals surface area contributed by atoms with Gasteiger partial charge in [0, 0.05) is 16.8 Å². The number of nitrogens with one attached hydrogen (secondary N) is 1. The first-order valence-corrected chi connectivity index (χ1v) is 5.85. The van der Waals surface area contributed by atoms with Crippen LogP contribution in [0, 0.1) is 0 Å². The molecule has 1 heterocycles. The van der Waals surface area contributed by atoms with Crippen LogP contribution in [0.3, 0.4) is 0 Å². The van der Waals surface area contributed by atoms with Crippen molar-refractivity contribution in [2.75, 3.05) is 0 Å². The topological polar surface area (TPSA) is 42.2 Å². The van der Waals surface area contributed by atoms with Crippen LogP contribution in [0.1, 0.15) is 12.7 Å². The van der Waals surface area contributed by atoms with Crippen LogP contribution >= 0.6 is 27.5 Å². The lowest BCUT2D eigenvalue weighted by molar-refractivity contribution is -0.119. The van der Waals surface area contributed by atoms with E-state index in [1.807, 2.05) is 12.1 Å². The van der Waals surface area contributed by atoms with Gasteiger partial charge in [-0.25, -0.2) is 0 Å². The number of hydrogen-bond donors (Lipinski definition) is 1. The number of fused-ring (bicyclic) bond motifs is 1. The number of benzene rings is 1. The normalized spacial score (nSPS) is 10.7. The Morgan fingerprint density at radius 1 is 1.50 bits per heavy atom. The van der Waals surface area contributed by atoms with E-state index < -0.39 is 0 Å². The molecule has 2 rings (SSSR count). The number of carbonyl (C=O) groups is 1. The van der Waals surface area contributed by atoms with Crippen molar-refractivity contribution in [1.82, 2.24) is 5.32 Å². The summed E-state index contributed by atoms with van der Waals surface area (Å²) in [7, 11) is 0. The van der Waals surface area contributed by atoms with Crippen LogP contribution in [0.5, 0.6) is 0 Å². The molecule has 0 spiro atoms. The average molecular weight is 303 g/mol. The Hall–Kier alpha value is -1.00. The van der Waals surface area contributed by atoms with Gasteiger partial charge < -0.3 is 9.73 Å². The van der Waals surface area contributed by atoms with Gasteiger partial charge in [0.2, 0.25) is 5.91 Å². The van der Waals surface area contributed by atoms with Gasteiger partial charge in [-0.2, -0.15) is 0 Å². The third-order valence-electron chi connectivity index (χ3n) is 2.10. The molecule has 1 N–H and O–H groups in total. The maximum absolute atomic E-state index is 10.8. The second-order valence-electron chi connectivity index (χ2n) is 3.43. The van der Waals surface area contributed by atoms with Crippen LogP contribution < -0.4 is 5.32 Å². The summed E-state index contributed by atoms with van der Waals surface area (Å²) >= 11 is 9.39. The van der Waals surface area contributed by atoms with E-state index >= 15 is 0 Å². The van der Waals surface area contributed by atoms with Crippen LogP contribution in [-0.2, 0) is 11.3 Å². The highest BCUT2D eigenvalue weighted by atomic mass is 79.9. The van der Waals surface area contributed by atoms with Crippen molar-refractivity contribution >= 4 is 44.4 Å². The van der Waals surface area contributed by atoms with E-state index in [1.54, 1.807) is 6.07 Å². The summed E-state index contributed by atoms with van der Waals surface area (Å²) in [5.74, 6) is 0.595. The Morgan fingerprint density at radius 2 is 2.25 bits per heavy atom. The van der Waals surface area contributed by atoms with Gasteiger partial charge in [-0.05, 0) is 18.2 Å². The highest BCUT2D eigenvalue weighted by Gasteiger charge is 2.08. The molecule has 0 fully saturated rings. The SMILES string of the molecule is CC(=O)NCc1cc2cc(Br)cc(Cl)c2o1. The molecule has 0 saturated heterocycles. The van der Waals surface area contributed by atoms with Crippen LogP contribution in [0.4, 0.5) is 0 Å². The van der Waals surface area contributed by atoms with Gasteiger partial charge in [-0.3, -0.25) is 4.79 Å². The maximum atomic E-state index is 10.8. The minimum Gasteiger partial charge on any atom is -0.458 e. The van der Waals surface area contributed by atoms with Crippen molar-refractivity contribution in [2.45, 2.75) is 13.5 Å². The summed E-state index contributed by atoms with van der Waals surface area (Å²) in [5.41, 5.74) is 0.644. The minimum absolute atomic E-state index is 0.0901. The number of hydrogen-bond acceptors (Lipinski definition) is 2. The van der Waals surface area contributed by atoms with Gasteiger partial charge in [-0.1, -0.05) is 27.5 Å². The maximum Gasteiger partial charge on any atom is 0.217 e. The predicted molar refractivity (Wildman–Crippen MR) is 66.4 cm³/mol. The number of furan rings is 1. The predicted octanol–water partition coefficient (Wildman–Crippen LogP) is 3.48. The van der Waals surface area contributed by atoms with Crippen LogP contribution in [0.15, 0.2) is 27.1 Å². The van der Waals surface area contributed by atoms with Gasteiger partial charge in [0.15, 0.2) is 5.58 Å². The molecular formula is C11H9BrClNO2. The Bertz CT molecular complexity index is 550. The molecule has 3 nitrogen and oxygen atoms in total. The lowest BCUT2D eigenvalue weighted by atomic mass is 10.2. The second-order valence-corrected chi connectivity index (χ2v) is 4.75. The highest BCUT2D eigenvalue weighted by Crippen LogP contribution is 2.30. The van der Waals surface area contributed by atoms with Gasteiger partial charge >= 0.3 is 0 Å². The summed E-state index contributed by atoms with van der Waals surface area (Å²) < 4.78 is 6.44. The summed E-state index contributed by atoms with van der Waals surface area (Å²) in [6.07, 6.45) is 0. The van der Waals surface area contributed by atoms with E-state index in [4.69, 9.17) is 16.0 Å². The lowest BCUT2D eigenvalue weighted by Gasteiger charge is -1.96. The second kappa shape index (κ2) is 4.47. The van der Waals surface area contributed by atoms with Gasteiger partial charge in [0.05, 0.1) is 11.6 Å². The smallest absolute Gasteiger partial charge is 0.217 e. The van der Waals surface area contributed by atoms with Crippen molar-refractivity contribution in [3.63, 3.8) is 0 Å². The fourth-order valence-corrected chi connectivity index (χ4v) is 2.30. The van der Waals surface area contributed by atoms with Crippen molar-refractivity contribution in [1.29, 1.82) is 0 Å².